The molecule has 116 valence electrons. The normalized spacial score (nSPS) is 11.6. The van der Waals surface area contributed by atoms with Crippen LogP contribution in [0.5, 0.6) is 5.75 Å². The molecule has 0 amide bonds. The summed E-state index contributed by atoms with van der Waals surface area (Å²) in [6.45, 7) is 1.91. The lowest BCUT2D eigenvalue weighted by molar-refractivity contribution is 0.402. The van der Waals surface area contributed by atoms with E-state index in [1.54, 1.807) is 6.07 Å². The number of methoxy groups -OCH3 is 1. The highest BCUT2D eigenvalue weighted by Gasteiger charge is 2.19. The van der Waals surface area contributed by atoms with Gasteiger partial charge >= 0.3 is 0 Å². The van der Waals surface area contributed by atoms with Gasteiger partial charge in [-0.2, -0.15) is 18.4 Å². The molecule has 0 saturated heterocycles. The molecule has 22 heavy (non-hydrogen) atoms. The Morgan fingerprint density at radius 2 is 1.95 bits per heavy atom. The predicted molar refractivity (Wildman–Crippen MR) is 87.1 cm³/mol. The van der Waals surface area contributed by atoms with E-state index in [-0.39, 0.29) is 10.6 Å². The van der Waals surface area contributed by atoms with E-state index in [0.29, 0.717) is 5.02 Å². The summed E-state index contributed by atoms with van der Waals surface area (Å²) in [4.78, 5) is 2.09. The zero-order valence-corrected chi connectivity index (χ0v) is 13.6. The minimum Gasteiger partial charge on any atom is -0.495 e. The fraction of sp³-hybridized carbons (Fsp3) is 0.133. The van der Waals surface area contributed by atoms with Crippen molar-refractivity contribution in [2.75, 3.05) is 7.11 Å². The fourth-order valence-electron chi connectivity index (χ4n) is 1.81. The third-order valence-corrected chi connectivity index (χ3v) is 4.46. The SMILES string of the molecule is COc1ccc(Cl)cc1S(=O)(=O)N/N=C/c1ccccc1C. The Kier molecular flexibility index (Phi) is 5.05. The van der Waals surface area contributed by atoms with Crippen LogP contribution in [0, 0.1) is 6.92 Å². The Morgan fingerprint density at radius 3 is 2.64 bits per heavy atom. The van der Waals surface area contributed by atoms with Gasteiger partial charge < -0.3 is 4.74 Å². The highest BCUT2D eigenvalue weighted by atomic mass is 35.5. The molecule has 0 aliphatic heterocycles. The predicted octanol–water partition coefficient (Wildman–Crippen LogP) is 2.97. The molecular formula is C15H15ClN2O3S. The Labute approximate surface area is 134 Å². The van der Waals surface area contributed by atoms with Crippen LogP contribution < -0.4 is 9.57 Å². The standard InChI is InChI=1S/C15H15ClN2O3S/c1-11-5-3-4-6-12(11)10-17-18-22(19,20)15-9-13(16)7-8-14(15)21-2/h3-10,18H,1-2H3/b17-10+. The number of sulfonamides is 1. The van der Waals surface area contributed by atoms with Crippen molar-refractivity contribution in [3.8, 4) is 5.75 Å². The van der Waals surface area contributed by atoms with Crippen molar-refractivity contribution in [1.29, 1.82) is 0 Å². The van der Waals surface area contributed by atoms with Crippen molar-refractivity contribution >= 4 is 27.8 Å². The largest absolute Gasteiger partial charge is 0.495 e. The molecule has 0 aliphatic carbocycles. The van der Waals surface area contributed by atoms with Gasteiger partial charge in [0, 0.05) is 5.02 Å². The maximum absolute atomic E-state index is 12.3. The van der Waals surface area contributed by atoms with Crippen molar-refractivity contribution < 1.29 is 13.2 Å². The Hall–Kier alpha value is -2.05. The summed E-state index contributed by atoms with van der Waals surface area (Å²) >= 11 is 5.84. The van der Waals surface area contributed by atoms with E-state index in [4.69, 9.17) is 16.3 Å². The maximum Gasteiger partial charge on any atom is 0.280 e. The number of hydrogen-bond acceptors (Lipinski definition) is 4. The number of nitrogens with zero attached hydrogens (tertiary/aromatic N) is 1. The van der Waals surface area contributed by atoms with Gasteiger partial charge in [-0.3, -0.25) is 0 Å². The molecule has 2 aromatic rings. The highest BCUT2D eigenvalue weighted by Crippen LogP contribution is 2.26. The molecule has 0 saturated carbocycles. The van der Waals surface area contributed by atoms with Gasteiger partial charge in [-0.1, -0.05) is 35.9 Å². The zero-order valence-electron chi connectivity index (χ0n) is 12.1. The van der Waals surface area contributed by atoms with Gasteiger partial charge in [-0.25, -0.2) is 0 Å². The average Bonchev–Trinajstić information content (AvgIpc) is 2.49. The Balaban J connectivity index is 2.25. The molecule has 0 atom stereocenters. The second-order valence-corrected chi connectivity index (χ2v) is 6.57. The van der Waals surface area contributed by atoms with Crippen molar-refractivity contribution in [2.24, 2.45) is 5.10 Å². The molecule has 0 unspecified atom stereocenters. The molecule has 0 fully saturated rings. The van der Waals surface area contributed by atoms with E-state index in [1.165, 1.54) is 25.5 Å². The lowest BCUT2D eigenvalue weighted by Gasteiger charge is -2.09. The van der Waals surface area contributed by atoms with Crippen LogP contribution in [0.2, 0.25) is 5.02 Å². The summed E-state index contributed by atoms with van der Waals surface area (Å²) in [5.74, 6) is 0.197. The minimum atomic E-state index is -3.87. The third-order valence-electron chi connectivity index (χ3n) is 2.98. The first kappa shape index (κ1) is 16.3. The summed E-state index contributed by atoms with van der Waals surface area (Å²) in [7, 11) is -2.48. The number of rotatable bonds is 5. The van der Waals surface area contributed by atoms with E-state index >= 15 is 0 Å². The van der Waals surface area contributed by atoms with Gasteiger partial charge in [0.15, 0.2) is 0 Å². The molecule has 1 N–H and O–H groups in total. The van der Waals surface area contributed by atoms with Crippen molar-refractivity contribution in [3.05, 3.63) is 58.6 Å². The molecule has 0 bridgehead atoms. The first-order valence-electron chi connectivity index (χ1n) is 6.38. The summed E-state index contributed by atoms with van der Waals surface area (Å²) in [6.07, 6.45) is 1.45. The van der Waals surface area contributed by atoms with Crippen LogP contribution in [-0.2, 0) is 10.0 Å². The molecule has 2 aromatic carbocycles. The molecule has 0 radical (unpaired) electrons. The number of hydrazone groups is 1. The summed E-state index contributed by atoms with van der Waals surface area (Å²) in [6, 6.07) is 11.9. The summed E-state index contributed by atoms with van der Waals surface area (Å²) < 4.78 is 29.6. The van der Waals surface area contributed by atoms with E-state index in [9.17, 15) is 8.42 Å². The minimum absolute atomic E-state index is 0.0653. The van der Waals surface area contributed by atoms with Gasteiger partial charge in [-0.15, -0.1) is 0 Å². The number of hydrogen-bond donors (Lipinski definition) is 1. The van der Waals surface area contributed by atoms with E-state index in [1.807, 2.05) is 31.2 Å². The fourth-order valence-corrected chi connectivity index (χ4v) is 3.03. The first-order chi connectivity index (χ1) is 10.4. The first-order valence-corrected chi connectivity index (χ1v) is 8.24. The Morgan fingerprint density at radius 1 is 1.23 bits per heavy atom. The summed E-state index contributed by atoms with van der Waals surface area (Å²) in [5.41, 5.74) is 1.81. The van der Waals surface area contributed by atoms with Crippen LogP contribution in [0.15, 0.2) is 52.5 Å². The van der Waals surface area contributed by atoms with Gasteiger partial charge in [0.05, 0.1) is 13.3 Å². The van der Waals surface area contributed by atoms with Crippen molar-refractivity contribution in [3.63, 3.8) is 0 Å². The summed E-state index contributed by atoms with van der Waals surface area (Å²) in [5, 5.41) is 4.09. The molecule has 0 heterocycles. The van der Waals surface area contributed by atoms with E-state index < -0.39 is 10.0 Å². The molecular weight excluding hydrogens is 324 g/mol. The average molecular weight is 339 g/mol. The lowest BCUT2D eigenvalue weighted by atomic mass is 10.1. The van der Waals surface area contributed by atoms with Crippen LogP contribution >= 0.6 is 11.6 Å². The van der Waals surface area contributed by atoms with Gasteiger partial charge in [0.2, 0.25) is 0 Å². The number of halogens is 1. The van der Waals surface area contributed by atoms with E-state index in [0.717, 1.165) is 11.1 Å². The van der Waals surface area contributed by atoms with Crippen LogP contribution in [0.3, 0.4) is 0 Å². The lowest BCUT2D eigenvalue weighted by Crippen LogP contribution is -2.19. The quantitative estimate of drug-likeness (QED) is 0.673. The molecule has 0 spiro atoms. The van der Waals surface area contributed by atoms with Gasteiger partial charge in [0.25, 0.3) is 10.0 Å². The number of nitrogens with one attached hydrogen (secondary N) is 1. The maximum atomic E-state index is 12.3. The van der Waals surface area contributed by atoms with Crippen LogP contribution in [0.25, 0.3) is 0 Å². The number of aryl methyl sites for hydroxylation is 1. The molecule has 7 heteroatoms. The number of benzene rings is 2. The molecule has 0 aliphatic rings. The second kappa shape index (κ2) is 6.81. The third kappa shape index (κ3) is 3.78. The molecule has 5 nitrogen and oxygen atoms in total. The highest BCUT2D eigenvalue weighted by molar-refractivity contribution is 7.89. The van der Waals surface area contributed by atoms with Crippen molar-refractivity contribution in [1.82, 2.24) is 4.83 Å². The smallest absolute Gasteiger partial charge is 0.280 e. The van der Waals surface area contributed by atoms with Gasteiger partial charge in [0.1, 0.15) is 10.6 Å². The molecule has 2 rings (SSSR count). The van der Waals surface area contributed by atoms with Gasteiger partial charge in [-0.05, 0) is 36.2 Å². The monoisotopic (exact) mass is 338 g/mol. The van der Waals surface area contributed by atoms with E-state index in [2.05, 4.69) is 9.93 Å². The second-order valence-electron chi connectivity index (χ2n) is 4.50. The number of ether oxygens (including phenoxy) is 1. The zero-order chi connectivity index (χ0) is 16.2. The molecule has 0 aromatic heterocycles. The Bertz CT molecular complexity index is 804. The topological polar surface area (TPSA) is 67.8 Å². The van der Waals surface area contributed by atoms with Crippen LogP contribution in [-0.4, -0.2) is 21.7 Å². The van der Waals surface area contributed by atoms with Crippen LogP contribution in [0.1, 0.15) is 11.1 Å². The van der Waals surface area contributed by atoms with Crippen molar-refractivity contribution in [2.45, 2.75) is 11.8 Å². The van der Waals surface area contributed by atoms with Crippen LogP contribution in [0.4, 0.5) is 0 Å².